The van der Waals surface area contributed by atoms with Crippen LogP contribution in [0.5, 0.6) is 0 Å². The second-order valence-electron chi connectivity index (χ2n) is 6.88. The standard InChI is InChI=1S/C20H24ClN3O3/c1-3-27-19(26)20(10-5-4-6-11-20)22-18(25)17-12-14(2)24(23-17)16-9-7-8-15(21)13-16/h7-9,12-13H,3-6,10-11H2,1-2H3,(H,22,25). The third-order valence-corrected chi connectivity index (χ3v) is 5.13. The van der Waals surface area contributed by atoms with Crippen molar-refractivity contribution in [3.05, 3.63) is 46.7 Å². The van der Waals surface area contributed by atoms with Crippen LogP contribution in [0, 0.1) is 6.92 Å². The van der Waals surface area contributed by atoms with E-state index >= 15 is 0 Å². The molecule has 7 heteroatoms. The van der Waals surface area contributed by atoms with Gasteiger partial charge in [-0.25, -0.2) is 9.48 Å². The minimum atomic E-state index is -0.959. The molecule has 3 rings (SSSR count). The van der Waals surface area contributed by atoms with Gasteiger partial charge in [0.05, 0.1) is 12.3 Å². The Morgan fingerprint density at radius 2 is 2.00 bits per heavy atom. The Kier molecular flexibility index (Phi) is 5.85. The maximum absolute atomic E-state index is 12.9. The topological polar surface area (TPSA) is 73.2 Å². The number of aryl methyl sites for hydroxylation is 1. The van der Waals surface area contributed by atoms with Gasteiger partial charge in [-0.15, -0.1) is 0 Å². The van der Waals surface area contributed by atoms with Crippen LogP contribution < -0.4 is 5.32 Å². The van der Waals surface area contributed by atoms with Gasteiger partial charge < -0.3 is 10.1 Å². The third-order valence-electron chi connectivity index (χ3n) is 4.90. The Bertz CT molecular complexity index is 841. The highest BCUT2D eigenvalue weighted by atomic mass is 35.5. The van der Waals surface area contributed by atoms with E-state index in [0.717, 1.165) is 30.6 Å². The lowest BCUT2D eigenvalue weighted by Gasteiger charge is -2.35. The number of carbonyl (C=O) groups is 2. The van der Waals surface area contributed by atoms with Gasteiger partial charge in [-0.05, 0) is 51.0 Å². The molecule has 1 N–H and O–H groups in total. The fourth-order valence-electron chi connectivity index (χ4n) is 3.54. The van der Waals surface area contributed by atoms with E-state index in [1.807, 2.05) is 19.1 Å². The van der Waals surface area contributed by atoms with E-state index in [1.165, 1.54) is 0 Å². The fourth-order valence-corrected chi connectivity index (χ4v) is 3.73. The normalized spacial score (nSPS) is 16.0. The summed E-state index contributed by atoms with van der Waals surface area (Å²) in [5, 5.41) is 7.93. The van der Waals surface area contributed by atoms with E-state index < -0.39 is 5.54 Å². The summed E-state index contributed by atoms with van der Waals surface area (Å²) in [6.45, 7) is 3.93. The average Bonchev–Trinajstić information content (AvgIpc) is 3.05. The zero-order valence-corrected chi connectivity index (χ0v) is 16.4. The number of rotatable bonds is 5. The summed E-state index contributed by atoms with van der Waals surface area (Å²) in [6, 6.07) is 8.97. The minimum absolute atomic E-state index is 0.265. The number of halogens is 1. The van der Waals surface area contributed by atoms with Crippen LogP contribution in [-0.2, 0) is 9.53 Å². The summed E-state index contributed by atoms with van der Waals surface area (Å²) in [7, 11) is 0. The molecule has 1 aliphatic rings. The molecule has 1 heterocycles. The first-order valence-corrected chi connectivity index (χ1v) is 9.65. The monoisotopic (exact) mass is 389 g/mol. The van der Waals surface area contributed by atoms with Gasteiger partial charge in [0.2, 0.25) is 0 Å². The van der Waals surface area contributed by atoms with Gasteiger partial charge in [0.15, 0.2) is 5.69 Å². The number of amides is 1. The van der Waals surface area contributed by atoms with E-state index in [0.29, 0.717) is 24.5 Å². The first-order chi connectivity index (χ1) is 12.9. The number of nitrogens with zero attached hydrogens (tertiary/aromatic N) is 2. The van der Waals surface area contributed by atoms with E-state index in [2.05, 4.69) is 10.4 Å². The van der Waals surface area contributed by atoms with Crippen molar-refractivity contribution >= 4 is 23.5 Å². The second-order valence-corrected chi connectivity index (χ2v) is 7.32. The molecule has 0 spiro atoms. The Hall–Kier alpha value is -2.34. The number of aromatic nitrogens is 2. The molecule has 1 aromatic carbocycles. The van der Waals surface area contributed by atoms with Gasteiger partial charge in [0.1, 0.15) is 5.54 Å². The molecule has 0 radical (unpaired) electrons. The van der Waals surface area contributed by atoms with Crippen LogP contribution in [0.2, 0.25) is 5.02 Å². The molecule has 1 amide bonds. The zero-order valence-electron chi connectivity index (χ0n) is 15.6. The first kappa shape index (κ1) is 19.4. The van der Waals surface area contributed by atoms with Crippen molar-refractivity contribution in [2.45, 2.75) is 51.5 Å². The lowest BCUT2D eigenvalue weighted by molar-refractivity contribution is -0.152. The van der Waals surface area contributed by atoms with Crippen molar-refractivity contribution in [3.8, 4) is 5.69 Å². The molecular formula is C20H24ClN3O3. The maximum atomic E-state index is 12.9. The summed E-state index contributed by atoms with van der Waals surface area (Å²) in [5.74, 6) is -0.724. The molecule has 0 aliphatic heterocycles. The summed E-state index contributed by atoms with van der Waals surface area (Å²) in [4.78, 5) is 25.4. The van der Waals surface area contributed by atoms with Gasteiger partial charge in [-0.1, -0.05) is 36.9 Å². The number of ether oxygens (including phenoxy) is 1. The van der Waals surface area contributed by atoms with Crippen LogP contribution >= 0.6 is 11.6 Å². The average molecular weight is 390 g/mol. The van der Waals surface area contributed by atoms with Gasteiger partial charge in [0.25, 0.3) is 5.91 Å². The molecule has 144 valence electrons. The molecule has 1 aromatic heterocycles. The zero-order chi connectivity index (χ0) is 19.4. The van der Waals surface area contributed by atoms with Crippen molar-refractivity contribution in [1.29, 1.82) is 0 Å². The molecule has 0 saturated heterocycles. The van der Waals surface area contributed by atoms with E-state index in [1.54, 1.807) is 29.8 Å². The minimum Gasteiger partial charge on any atom is -0.464 e. The van der Waals surface area contributed by atoms with Gasteiger partial charge in [0, 0.05) is 10.7 Å². The molecule has 1 saturated carbocycles. The molecule has 0 atom stereocenters. The van der Waals surface area contributed by atoms with Crippen LogP contribution in [-0.4, -0.2) is 33.8 Å². The molecule has 0 bridgehead atoms. The van der Waals surface area contributed by atoms with Crippen molar-refractivity contribution < 1.29 is 14.3 Å². The molecular weight excluding hydrogens is 366 g/mol. The van der Waals surface area contributed by atoms with E-state index in [-0.39, 0.29) is 17.6 Å². The highest BCUT2D eigenvalue weighted by molar-refractivity contribution is 6.30. The number of hydrogen-bond acceptors (Lipinski definition) is 4. The largest absolute Gasteiger partial charge is 0.464 e. The Morgan fingerprint density at radius 3 is 2.67 bits per heavy atom. The lowest BCUT2D eigenvalue weighted by atomic mass is 9.81. The van der Waals surface area contributed by atoms with Gasteiger partial charge >= 0.3 is 5.97 Å². The number of benzene rings is 1. The predicted octanol–water partition coefficient (Wildman–Crippen LogP) is 3.83. The highest BCUT2D eigenvalue weighted by Crippen LogP contribution is 2.30. The van der Waals surface area contributed by atoms with Gasteiger partial charge in [-0.2, -0.15) is 5.10 Å². The summed E-state index contributed by atoms with van der Waals surface area (Å²) < 4.78 is 6.90. The van der Waals surface area contributed by atoms with Crippen molar-refractivity contribution in [2.24, 2.45) is 0 Å². The van der Waals surface area contributed by atoms with Crippen LogP contribution in [0.3, 0.4) is 0 Å². The predicted molar refractivity (Wildman–Crippen MR) is 103 cm³/mol. The third kappa shape index (κ3) is 4.16. The molecule has 27 heavy (non-hydrogen) atoms. The molecule has 0 unspecified atom stereocenters. The van der Waals surface area contributed by atoms with Crippen molar-refractivity contribution in [2.75, 3.05) is 6.61 Å². The molecule has 1 aliphatic carbocycles. The quantitative estimate of drug-likeness (QED) is 0.789. The van der Waals surface area contributed by atoms with E-state index in [9.17, 15) is 9.59 Å². The molecule has 6 nitrogen and oxygen atoms in total. The molecule has 2 aromatic rings. The second kappa shape index (κ2) is 8.13. The first-order valence-electron chi connectivity index (χ1n) is 9.27. The smallest absolute Gasteiger partial charge is 0.331 e. The SMILES string of the molecule is CCOC(=O)C1(NC(=O)c2cc(C)n(-c3cccc(Cl)c3)n2)CCCCC1. The van der Waals surface area contributed by atoms with Crippen molar-refractivity contribution in [1.82, 2.24) is 15.1 Å². The number of nitrogens with one attached hydrogen (secondary N) is 1. The van der Waals surface area contributed by atoms with Crippen LogP contribution in [0.1, 0.15) is 55.2 Å². The highest BCUT2D eigenvalue weighted by Gasteiger charge is 2.42. The number of hydrogen-bond donors (Lipinski definition) is 1. The fraction of sp³-hybridized carbons (Fsp3) is 0.450. The Morgan fingerprint density at radius 1 is 1.26 bits per heavy atom. The lowest BCUT2D eigenvalue weighted by Crippen LogP contribution is -2.56. The maximum Gasteiger partial charge on any atom is 0.331 e. The number of esters is 1. The summed E-state index contributed by atoms with van der Waals surface area (Å²) in [6.07, 6.45) is 4.00. The van der Waals surface area contributed by atoms with Crippen LogP contribution in [0.25, 0.3) is 5.69 Å². The van der Waals surface area contributed by atoms with E-state index in [4.69, 9.17) is 16.3 Å². The number of carbonyl (C=O) groups excluding carboxylic acids is 2. The van der Waals surface area contributed by atoms with Crippen molar-refractivity contribution in [3.63, 3.8) is 0 Å². The van der Waals surface area contributed by atoms with Crippen LogP contribution in [0.4, 0.5) is 0 Å². The van der Waals surface area contributed by atoms with Crippen LogP contribution in [0.15, 0.2) is 30.3 Å². The Labute approximate surface area is 163 Å². The summed E-state index contributed by atoms with van der Waals surface area (Å²) in [5.41, 5.74) is 0.883. The summed E-state index contributed by atoms with van der Waals surface area (Å²) >= 11 is 6.06. The molecule has 1 fully saturated rings. The van der Waals surface area contributed by atoms with Gasteiger partial charge in [-0.3, -0.25) is 4.79 Å². The Balaban J connectivity index is 1.85.